The van der Waals surface area contributed by atoms with Gasteiger partial charge in [0.1, 0.15) is 0 Å². The number of rotatable bonds is 3. The van der Waals surface area contributed by atoms with E-state index in [0.29, 0.717) is 28.4 Å². The number of esters is 1. The number of carbonyl (C=O) groups excluding carboxylic acids is 1. The van der Waals surface area contributed by atoms with Crippen molar-refractivity contribution in [1.29, 1.82) is 0 Å². The fourth-order valence-electron chi connectivity index (χ4n) is 4.68. The smallest absolute Gasteiger partial charge is 0.310 e. The minimum Gasteiger partial charge on any atom is -0.504 e. The van der Waals surface area contributed by atoms with Gasteiger partial charge in [0.15, 0.2) is 23.0 Å². The van der Waals surface area contributed by atoms with Crippen molar-refractivity contribution in [1.82, 2.24) is 0 Å². The predicted molar refractivity (Wildman–Crippen MR) is 98.5 cm³/mol. The minimum absolute atomic E-state index is 0.0989. The predicted octanol–water partition coefficient (Wildman–Crippen LogP) is 2.11. The zero-order valence-corrected chi connectivity index (χ0v) is 15.9. The van der Waals surface area contributed by atoms with Crippen LogP contribution in [-0.2, 0) is 9.53 Å². The molecule has 8 heteroatoms. The van der Waals surface area contributed by atoms with Crippen molar-refractivity contribution in [2.24, 2.45) is 11.8 Å². The molecule has 2 aliphatic heterocycles. The number of aliphatic hydroxyl groups is 1. The number of hydrogen-bond donors (Lipinski definition) is 2. The molecule has 0 amide bonds. The van der Waals surface area contributed by atoms with Crippen LogP contribution in [-0.4, -0.2) is 43.8 Å². The second kappa shape index (κ2) is 6.45. The van der Waals surface area contributed by atoms with Crippen molar-refractivity contribution in [2.45, 2.75) is 12.0 Å². The number of methoxy groups -OCH3 is 2. The third kappa shape index (κ3) is 2.52. The molecule has 0 bridgehead atoms. The second-order valence-corrected chi connectivity index (χ2v) is 7.35. The molecule has 4 atom stereocenters. The van der Waals surface area contributed by atoms with Crippen molar-refractivity contribution in [3.63, 3.8) is 0 Å². The molecule has 1 fully saturated rings. The van der Waals surface area contributed by atoms with Gasteiger partial charge in [-0.25, -0.2) is 0 Å². The summed E-state index contributed by atoms with van der Waals surface area (Å²) < 4.78 is 26.9. The van der Waals surface area contributed by atoms with Crippen LogP contribution in [0.2, 0.25) is 0 Å². The number of aliphatic hydroxyl groups excluding tert-OH is 1. The maximum absolute atomic E-state index is 12.6. The van der Waals surface area contributed by atoms with Gasteiger partial charge >= 0.3 is 5.97 Å². The summed E-state index contributed by atoms with van der Waals surface area (Å²) in [7, 11) is 2.92. The normalized spacial score (nSPS) is 26.5. The first kappa shape index (κ1) is 17.9. The number of aromatic hydroxyl groups is 1. The molecule has 152 valence electrons. The lowest BCUT2D eigenvalue weighted by molar-refractivity contribution is -0.141. The Morgan fingerprint density at radius 1 is 1.00 bits per heavy atom. The molecule has 2 aromatic carbocycles. The van der Waals surface area contributed by atoms with Gasteiger partial charge in [0.25, 0.3) is 0 Å². The van der Waals surface area contributed by atoms with Gasteiger partial charge in [0.2, 0.25) is 12.5 Å². The lowest BCUT2D eigenvalue weighted by atomic mass is 9.66. The van der Waals surface area contributed by atoms with E-state index in [1.54, 1.807) is 24.3 Å². The van der Waals surface area contributed by atoms with E-state index in [1.807, 2.05) is 0 Å². The van der Waals surface area contributed by atoms with Crippen molar-refractivity contribution in [3.8, 4) is 28.7 Å². The summed E-state index contributed by atoms with van der Waals surface area (Å²) >= 11 is 0. The van der Waals surface area contributed by atoms with Gasteiger partial charge in [-0.05, 0) is 41.0 Å². The van der Waals surface area contributed by atoms with Crippen LogP contribution in [0.5, 0.6) is 28.7 Å². The summed E-state index contributed by atoms with van der Waals surface area (Å²) in [4.78, 5) is 12.6. The molecule has 4 unspecified atom stereocenters. The Balaban J connectivity index is 1.74. The first-order valence-corrected chi connectivity index (χ1v) is 9.26. The van der Waals surface area contributed by atoms with Gasteiger partial charge in [-0.15, -0.1) is 0 Å². The third-order valence-corrected chi connectivity index (χ3v) is 5.99. The molecule has 3 aliphatic rings. The Hall–Kier alpha value is -3.13. The molecule has 2 heterocycles. The molecule has 5 rings (SSSR count). The first-order chi connectivity index (χ1) is 14.0. The Morgan fingerprint density at radius 2 is 1.72 bits per heavy atom. The summed E-state index contributed by atoms with van der Waals surface area (Å²) in [5.41, 5.74) is 2.04. The van der Waals surface area contributed by atoms with Gasteiger partial charge in [0.05, 0.1) is 32.8 Å². The monoisotopic (exact) mass is 400 g/mol. The molecule has 2 N–H and O–H groups in total. The van der Waals surface area contributed by atoms with E-state index < -0.39 is 23.9 Å². The van der Waals surface area contributed by atoms with Crippen LogP contribution in [0.25, 0.3) is 0 Å². The lowest BCUT2D eigenvalue weighted by Crippen LogP contribution is -2.34. The molecular formula is C21H20O8. The molecule has 0 radical (unpaired) electrons. The van der Waals surface area contributed by atoms with E-state index >= 15 is 0 Å². The van der Waals surface area contributed by atoms with Crippen LogP contribution in [0.1, 0.15) is 28.7 Å². The van der Waals surface area contributed by atoms with Gasteiger partial charge in [-0.3, -0.25) is 4.79 Å². The van der Waals surface area contributed by atoms with Gasteiger partial charge in [0, 0.05) is 11.8 Å². The van der Waals surface area contributed by atoms with Crippen molar-refractivity contribution in [2.75, 3.05) is 27.6 Å². The topological polar surface area (TPSA) is 104 Å². The Bertz CT molecular complexity index is 1000. The van der Waals surface area contributed by atoms with E-state index in [4.69, 9.17) is 23.7 Å². The molecule has 8 nitrogen and oxygen atoms in total. The average Bonchev–Trinajstić information content (AvgIpc) is 3.33. The van der Waals surface area contributed by atoms with Crippen LogP contribution in [0.15, 0.2) is 24.3 Å². The number of ether oxygens (including phenoxy) is 5. The van der Waals surface area contributed by atoms with E-state index in [2.05, 4.69) is 0 Å². The van der Waals surface area contributed by atoms with Crippen LogP contribution < -0.4 is 18.9 Å². The third-order valence-electron chi connectivity index (χ3n) is 5.99. The fourth-order valence-corrected chi connectivity index (χ4v) is 4.68. The zero-order valence-electron chi connectivity index (χ0n) is 15.9. The van der Waals surface area contributed by atoms with Crippen molar-refractivity contribution >= 4 is 5.97 Å². The highest BCUT2D eigenvalue weighted by atomic mass is 16.7. The standard InChI is InChI=1S/C21H20O8/c1-25-16-4-9(3-13(22)20(16)26-2)17-10-5-14-15(29-8-28-14)6-11(10)19(23)12-7-27-21(24)18(12)17/h3-6,12,17-19,22-23H,7-8H2,1-2H3. The fraction of sp³-hybridized carbons (Fsp3) is 0.381. The zero-order chi connectivity index (χ0) is 20.3. The highest BCUT2D eigenvalue weighted by Crippen LogP contribution is 2.55. The number of phenols is 1. The van der Waals surface area contributed by atoms with E-state index in [-0.39, 0.29) is 30.9 Å². The Morgan fingerprint density at radius 3 is 2.41 bits per heavy atom. The minimum atomic E-state index is -0.874. The maximum Gasteiger partial charge on any atom is 0.310 e. The quantitative estimate of drug-likeness (QED) is 0.755. The molecule has 29 heavy (non-hydrogen) atoms. The number of fused-ring (bicyclic) bond motifs is 3. The van der Waals surface area contributed by atoms with Crippen LogP contribution >= 0.6 is 0 Å². The number of cyclic esters (lactones) is 1. The molecule has 0 saturated carbocycles. The SMILES string of the molecule is COc1cc(C2c3cc4c(cc3C(O)C3COC(=O)C23)OCO4)cc(O)c1OC. The molecular weight excluding hydrogens is 380 g/mol. The molecule has 1 aliphatic carbocycles. The molecule has 1 saturated heterocycles. The summed E-state index contributed by atoms with van der Waals surface area (Å²) in [5.74, 6) is -0.285. The van der Waals surface area contributed by atoms with Gasteiger partial charge in [-0.2, -0.15) is 0 Å². The highest BCUT2D eigenvalue weighted by Gasteiger charge is 2.52. The molecule has 0 aromatic heterocycles. The average molecular weight is 400 g/mol. The molecule has 2 aromatic rings. The second-order valence-electron chi connectivity index (χ2n) is 7.35. The summed E-state index contributed by atoms with van der Waals surface area (Å²) in [6, 6.07) is 6.84. The van der Waals surface area contributed by atoms with E-state index in [9.17, 15) is 15.0 Å². The number of carbonyl (C=O) groups is 1. The number of hydrogen-bond acceptors (Lipinski definition) is 8. The van der Waals surface area contributed by atoms with Crippen LogP contribution in [0.3, 0.4) is 0 Å². The molecule has 0 spiro atoms. The highest BCUT2D eigenvalue weighted by molar-refractivity contribution is 5.79. The Labute approximate surface area is 166 Å². The lowest BCUT2D eigenvalue weighted by Gasteiger charge is -2.36. The number of benzene rings is 2. The van der Waals surface area contributed by atoms with Crippen molar-refractivity contribution < 1.29 is 38.7 Å². The van der Waals surface area contributed by atoms with Gasteiger partial charge < -0.3 is 33.9 Å². The number of phenolic OH excluding ortho intramolecular Hbond substituents is 1. The van der Waals surface area contributed by atoms with E-state index in [0.717, 1.165) is 5.56 Å². The summed E-state index contributed by atoms with van der Waals surface area (Å²) in [6.45, 7) is 0.235. The summed E-state index contributed by atoms with van der Waals surface area (Å²) in [6.07, 6.45) is -0.874. The largest absolute Gasteiger partial charge is 0.504 e. The van der Waals surface area contributed by atoms with Gasteiger partial charge in [-0.1, -0.05) is 0 Å². The maximum atomic E-state index is 12.6. The van der Waals surface area contributed by atoms with Crippen LogP contribution in [0, 0.1) is 11.8 Å². The van der Waals surface area contributed by atoms with Crippen LogP contribution in [0.4, 0.5) is 0 Å². The van der Waals surface area contributed by atoms with Crippen molar-refractivity contribution in [3.05, 3.63) is 41.0 Å². The first-order valence-electron chi connectivity index (χ1n) is 9.26. The van der Waals surface area contributed by atoms with E-state index in [1.165, 1.54) is 14.2 Å². The summed E-state index contributed by atoms with van der Waals surface area (Å²) in [5, 5.41) is 21.4. The Kier molecular flexibility index (Phi) is 3.99.